The highest BCUT2D eigenvalue weighted by molar-refractivity contribution is 6.76. The van der Waals surface area contributed by atoms with Gasteiger partial charge in [0.2, 0.25) is 5.95 Å². The number of anilines is 1. The molecule has 0 aromatic carbocycles. The first-order chi connectivity index (χ1) is 6.00. The van der Waals surface area contributed by atoms with Crippen LogP contribution in [-0.2, 0) is 4.79 Å². The number of nitrogens with one attached hydrogen (secondary N) is 1. The van der Waals surface area contributed by atoms with Crippen molar-refractivity contribution in [1.29, 1.82) is 0 Å². The number of alkyl halides is 3. The van der Waals surface area contributed by atoms with Gasteiger partial charge in [-0.05, 0) is 6.07 Å². The van der Waals surface area contributed by atoms with Gasteiger partial charge in [0.1, 0.15) is 0 Å². The van der Waals surface area contributed by atoms with Crippen molar-refractivity contribution in [3.8, 4) is 0 Å². The number of amides is 1. The van der Waals surface area contributed by atoms with Crippen LogP contribution in [0.15, 0.2) is 18.5 Å². The van der Waals surface area contributed by atoms with Crippen LogP contribution < -0.4 is 5.32 Å². The third-order valence-electron chi connectivity index (χ3n) is 1.05. The van der Waals surface area contributed by atoms with Gasteiger partial charge in [0.05, 0.1) is 0 Å². The lowest BCUT2D eigenvalue weighted by molar-refractivity contribution is -0.115. The van der Waals surface area contributed by atoms with Crippen molar-refractivity contribution < 1.29 is 4.79 Å². The third-order valence-corrected chi connectivity index (χ3v) is 1.56. The van der Waals surface area contributed by atoms with Gasteiger partial charge in [0, 0.05) is 12.4 Å². The summed E-state index contributed by atoms with van der Waals surface area (Å²) in [5.41, 5.74) is 0. The molecule has 1 heterocycles. The normalized spacial score (nSPS) is 11.0. The summed E-state index contributed by atoms with van der Waals surface area (Å²) in [6, 6.07) is 1.60. The van der Waals surface area contributed by atoms with E-state index < -0.39 is 9.70 Å². The standard InChI is InChI=1S/C6H4Cl3N3O/c7-6(8,9)4(13)12-5-10-2-1-3-11-5/h1-3H,(H,10,11,12,13). The van der Waals surface area contributed by atoms with Crippen LogP contribution >= 0.6 is 34.8 Å². The van der Waals surface area contributed by atoms with Gasteiger partial charge in [0.25, 0.3) is 9.70 Å². The Bertz CT molecular complexity index is 298. The van der Waals surface area contributed by atoms with Crippen LogP contribution in [-0.4, -0.2) is 19.7 Å². The highest BCUT2D eigenvalue weighted by Gasteiger charge is 2.31. The quantitative estimate of drug-likeness (QED) is 0.761. The summed E-state index contributed by atoms with van der Waals surface area (Å²) >= 11 is 15.9. The fourth-order valence-electron chi connectivity index (χ4n) is 0.536. The Labute approximate surface area is 89.2 Å². The average molecular weight is 240 g/mol. The van der Waals surface area contributed by atoms with Gasteiger partial charge in [-0.25, -0.2) is 9.97 Å². The molecule has 1 N–H and O–H groups in total. The van der Waals surface area contributed by atoms with Crippen molar-refractivity contribution >= 4 is 46.7 Å². The summed E-state index contributed by atoms with van der Waals surface area (Å²) in [6.07, 6.45) is 2.92. The molecule has 0 radical (unpaired) electrons. The SMILES string of the molecule is O=C(Nc1ncccn1)C(Cl)(Cl)Cl. The molecule has 13 heavy (non-hydrogen) atoms. The van der Waals surface area contributed by atoms with E-state index in [0.29, 0.717) is 0 Å². The Morgan fingerprint density at radius 1 is 1.31 bits per heavy atom. The molecule has 0 saturated heterocycles. The Morgan fingerprint density at radius 3 is 2.31 bits per heavy atom. The lowest BCUT2D eigenvalue weighted by atomic mass is 10.6. The van der Waals surface area contributed by atoms with E-state index in [0.717, 1.165) is 0 Å². The molecule has 0 fully saturated rings. The Hall–Kier alpha value is -0.580. The lowest BCUT2D eigenvalue weighted by Gasteiger charge is -2.09. The molecule has 1 amide bonds. The van der Waals surface area contributed by atoms with Gasteiger partial charge in [-0.1, -0.05) is 34.8 Å². The van der Waals surface area contributed by atoms with Crippen molar-refractivity contribution in [3.63, 3.8) is 0 Å². The fraction of sp³-hybridized carbons (Fsp3) is 0.167. The zero-order chi connectivity index (χ0) is 9.90. The summed E-state index contributed by atoms with van der Waals surface area (Å²) < 4.78 is -2.00. The number of carbonyl (C=O) groups excluding carboxylic acids is 1. The number of hydrogen-bond acceptors (Lipinski definition) is 3. The van der Waals surface area contributed by atoms with Crippen LogP contribution in [0.25, 0.3) is 0 Å². The first kappa shape index (κ1) is 10.5. The minimum atomic E-state index is -2.00. The molecule has 0 unspecified atom stereocenters. The monoisotopic (exact) mass is 239 g/mol. The van der Waals surface area contributed by atoms with Gasteiger partial charge < -0.3 is 0 Å². The molecule has 0 aliphatic rings. The van der Waals surface area contributed by atoms with Gasteiger partial charge in [-0.15, -0.1) is 0 Å². The lowest BCUT2D eigenvalue weighted by Crippen LogP contribution is -2.27. The molecule has 1 rings (SSSR count). The van der Waals surface area contributed by atoms with Crippen molar-refractivity contribution in [1.82, 2.24) is 9.97 Å². The summed E-state index contributed by atoms with van der Waals surface area (Å²) in [5, 5.41) is 2.22. The first-order valence-electron chi connectivity index (χ1n) is 3.15. The smallest absolute Gasteiger partial charge is 0.278 e. The number of aromatic nitrogens is 2. The summed E-state index contributed by atoms with van der Waals surface area (Å²) in [7, 11) is 0. The zero-order valence-electron chi connectivity index (χ0n) is 6.17. The second-order valence-electron chi connectivity index (χ2n) is 2.02. The maximum Gasteiger partial charge on any atom is 0.278 e. The zero-order valence-corrected chi connectivity index (χ0v) is 8.44. The molecule has 7 heteroatoms. The highest BCUT2D eigenvalue weighted by atomic mass is 35.6. The molecule has 1 aromatic heterocycles. The number of halogens is 3. The van der Waals surface area contributed by atoms with E-state index in [1.54, 1.807) is 6.07 Å². The summed E-state index contributed by atoms with van der Waals surface area (Å²) in [6.45, 7) is 0. The highest BCUT2D eigenvalue weighted by Crippen LogP contribution is 2.26. The molecule has 70 valence electrons. The van der Waals surface area contributed by atoms with E-state index in [4.69, 9.17) is 34.8 Å². The van der Waals surface area contributed by atoms with Crippen LogP contribution in [0.1, 0.15) is 0 Å². The van der Waals surface area contributed by atoms with E-state index in [1.165, 1.54) is 12.4 Å². The minimum absolute atomic E-state index is 0.0961. The first-order valence-corrected chi connectivity index (χ1v) is 4.29. The average Bonchev–Trinajstić information content (AvgIpc) is 2.04. The van der Waals surface area contributed by atoms with E-state index >= 15 is 0 Å². The van der Waals surface area contributed by atoms with Crippen molar-refractivity contribution in [2.24, 2.45) is 0 Å². The topological polar surface area (TPSA) is 54.9 Å². The molecular weight excluding hydrogens is 236 g/mol. The summed E-state index contributed by atoms with van der Waals surface area (Å²) in [4.78, 5) is 18.5. The van der Waals surface area contributed by atoms with E-state index in [2.05, 4.69) is 15.3 Å². The number of nitrogens with zero attached hydrogens (tertiary/aromatic N) is 2. The van der Waals surface area contributed by atoms with Crippen LogP contribution in [0.5, 0.6) is 0 Å². The third kappa shape index (κ3) is 3.34. The van der Waals surface area contributed by atoms with Gasteiger partial charge in [-0.3, -0.25) is 10.1 Å². The van der Waals surface area contributed by atoms with Gasteiger partial charge >= 0.3 is 0 Å². The number of rotatable bonds is 1. The fourth-order valence-corrected chi connectivity index (χ4v) is 0.678. The molecule has 4 nitrogen and oxygen atoms in total. The number of carbonyl (C=O) groups is 1. The molecule has 1 aromatic rings. The van der Waals surface area contributed by atoms with E-state index in [-0.39, 0.29) is 5.95 Å². The van der Waals surface area contributed by atoms with E-state index in [9.17, 15) is 4.79 Å². The Balaban J connectivity index is 2.66. The largest absolute Gasteiger partial charge is 0.291 e. The van der Waals surface area contributed by atoms with Crippen LogP contribution in [0.2, 0.25) is 0 Å². The second-order valence-corrected chi connectivity index (χ2v) is 4.31. The van der Waals surface area contributed by atoms with Crippen LogP contribution in [0.4, 0.5) is 5.95 Å². The molecule has 0 bridgehead atoms. The molecule has 0 spiro atoms. The predicted octanol–water partition coefficient (Wildman–Crippen LogP) is 1.79. The summed E-state index contributed by atoms with van der Waals surface area (Å²) in [5.74, 6) is -0.692. The van der Waals surface area contributed by atoms with Gasteiger partial charge in [-0.2, -0.15) is 0 Å². The van der Waals surface area contributed by atoms with Crippen molar-refractivity contribution in [2.75, 3.05) is 5.32 Å². The molecule has 0 atom stereocenters. The Morgan fingerprint density at radius 2 is 1.85 bits per heavy atom. The predicted molar refractivity (Wildman–Crippen MR) is 51.0 cm³/mol. The second kappa shape index (κ2) is 4.09. The molecule has 0 saturated carbocycles. The maximum absolute atomic E-state index is 11.0. The maximum atomic E-state index is 11.0. The number of hydrogen-bond donors (Lipinski definition) is 1. The van der Waals surface area contributed by atoms with E-state index in [1.807, 2.05) is 0 Å². The molecule has 0 aliphatic carbocycles. The van der Waals surface area contributed by atoms with Crippen LogP contribution in [0.3, 0.4) is 0 Å². The van der Waals surface area contributed by atoms with Crippen LogP contribution in [0, 0.1) is 0 Å². The molecular formula is C6H4Cl3N3O. The van der Waals surface area contributed by atoms with Crippen molar-refractivity contribution in [3.05, 3.63) is 18.5 Å². The minimum Gasteiger partial charge on any atom is -0.291 e. The Kier molecular flexibility index (Phi) is 3.30. The molecule has 0 aliphatic heterocycles. The van der Waals surface area contributed by atoms with Crippen molar-refractivity contribution in [2.45, 2.75) is 3.79 Å². The van der Waals surface area contributed by atoms with Gasteiger partial charge in [0.15, 0.2) is 0 Å².